The summed E-state index contributed by atoms with van der Waals surface area (Å²) in [5.41, 5.74) is -0.998. The first-order chi connectivity index (χ1) is 12.6. The van der Waals surface area contributed by atoms with E-state index in [2.05, 4.69) is 20.5 Å². The molecule has 0 bridgehead atoms. The van der Waals surface area contributed by atoms with Crippen molar-refractivity contribution >= 4 is 5.82 Å². The Bertz CT molecular complexity index is 894. The molecule has 0 unspecified atom stereocenters. The van der Waals surface area contributed by atoms with E-state index in [0.29, 0.717) is 55.3 Å². The molecule has 27 heavy (non-hydrogen) atoms. The lowest BCUT2D eigenvalue weighted by atomic mass is 9.77. The van der Waals surface area contributed by atoms with Crippen LogP contribution in [0.4, 0.5) is 19.0 Å². The number of fused-ring (bicyclic) bond motifs is 1. The lowest BCUT2D eigenvalue weighted by molar-refractivity contribution is -0.137. The zero-order chi connectivity index (χ0) is 19.4. The molecule has 3 N–H and O–H groups in total. The van der Waals surface area contributed by atoms with Crippen molar-refractivity contribution in [3.8, 4) is 22.9 Å². The average Bonchev–Trinajstić information content (AvgIpc) is 3.03. The summed E-state index contributed by atoms with van der Waals surface area (Å²) < 4.78 is 43.9. The van der Waals surface area contributed by atoms with E-state index in [1.165, 1.54) is 0 Å². The van der Waals surface area contributed by atoms with Crippen LogP contribution in [0.2, 0.25) is 0 Å². The largest absolute Gasteiger partial charge is 0.506 e. The molecule has 2 aromatic heterocycles. The van der Waals surface area contributed by atoms with Crippen molar-refractivity contribution in [3.63, 3.8) is 0 Å². The molecule has 4 rings (SSSR count). The fourth-order valence-electron chi connectivity index (χ4n) is 3.47. The highest BCUT2D eigenvalue weighted by molar-refractivity contribution is 5.72. The van der Waals surface area contributed by atoms with Gasteiger partial charge in [0.25, 0.3) is 0 Å². The smallest absolute Gasteiger partial charge is 0.418 e. The maximum absolute atomic E-state index is 12.8. The van der Waals surface area contributed by atoms with E-state index in [-0.39, 0.29) is 17.4 Å². The van der Waals surface area contributed by atoms with Crippen molar-refractivity contribution in [3.05, 3.63) is 23.4 Å². The van der Waals surface area contributed by atoms with Crippen LogP contribution in [0.15, 0.2) is 12.3 Å². The number of hydrogen-bond donors (Lipinski definition) is 3. The summed E-state index contributed by atoms with van der Waals surface area (Å²) in [6.45, 7) is 2.12. The van der Waals surface area contributed by atoms with E-state index >= 15 is 0 Å². The van der Waals surface area contributed by atoms with E-state index < -0.39 is 23.1 Å². The van der Waals surface area contributed by atoms with Crippen molar-refractivity contribution in [1.29, 1.82) is 0 Å². The highest BCUT2D eigenvalue weighted by atomic mass is 19.4. The Morgan fingerprint density at radius 3 is 2.63 bits per heavy atom. The number of pyridine rings is 1. The lowest BCUT2D eigenvalue weighted by Gasteiger charge is -2.41. The summed E-state index contributed by atoms with van der Waals surface area (Å²) in [4.78, 5) is 3.75. The van der Waals surface area contributed by atoms with Crippen LogP contribution in [0.1, 0.15) is 30.9 Å². The molecule has 7 nitrogen and oxygen atoms in total. The van der Waals surface area contributed by atoms with Crippen LogP contribution in [-0.2, 0) is 12.6 Å². The third-order valence-electron chi connectivity index (χ3n) is 4.76. The number of nitrogens with zero attached hydrogens (tertiary/aromatic N) is 3. The number of aliphatic hydroxyl groups is 1. The van der Waals surface area contributed by atoms with Crippen molar-refractivity contribution in [2.45, 2.75) is 44.0 Å². The van der Waals surface area contributed by atoms with Crippen LogP contribution in [-0.4, -0.2) is 43.6 Å². The zero-order valence-electron chi connectivity index (χ0n) is 14.3. The number of halogens is 3. The summed E-state index contributed by atoms with van der Waals surface area (Å²) in [5, 5.41) is 31.2. The fourth-order valence-corrected chi connectivity index (χ4v) is 3.47. The second-order valence-electron chi connectivity index (χ2n) is 7.14. The van der Waals surface area contributed by atoms with Gasteiger partial charge in [-0.25, -0.2) is 4.98 Å². The van der Waals surface area contributed by atoms with Crippen molar-refractivity contribution in [1.82, 2.24) is 15.2 Å². The van der Waals surface area contributed by atoms with Crippen LogP contribution in [0.5, 0.6) is 11.5 Å². The topological polar surface area (TPSA) is 100 Å². The first-order valence-corrected chi connectivity index (χ1v) is 8.42. The van der Waals surface area contributed by atoms with E-state index in [1.807, 2.05) is 0 Å². The molecule has 2 aliphatic rings. The molecule has 3 heterocycles. The third kappa shape index (κ3) is 3.25. The number of rotatable bonds is 3. The van der Waals surface area contributed by atoms with Crippen LogP contribution < -0.4 is 10.1 Å². The number of hydrogen-bond acceptors (Lipinski definition) is 7. The Hall–Kier alpha value is -2.62. The van der Waals surface area contributed by atoms with E-state index in [1.54, 1.807) is 6.92 Å². The molecule has 2 aromatic rings. The molecule has 10 heteroatoms. The van der Waals surface area contributed by atoms with Crippen LogP contribution in [0.25, 0.3) is 11.4 Å². The molecular formula is C17H17F3N4O3. The standard InChI is InChI=1S/C17H17F3N4O3/c1-16(26)5-9(6-16)22-15-14-10(2-3-27-14)12(23-24-15)13-11(25)4-8(7-21-13)17(18,19)20/h4,7,9,25-26H,2-3,5-6H2,1H3,(H,22,24)/t9-,16+. The minimum absolute atomic E-state index is 0.0334. The first kappa shape index (κ1) is 17.8. The van der Waals surface area contributed by atoms with Gasteiger partial charge in [-0.15, -0.1) is 10.2 Å². The van der Waals surface area contributed by atoms with Crippen molar-refractivity contribution < 1.29 is 28.1 Å². The predicted octanol–water partition coefficient (Wildman–Crippen LogP) is 2.52. The SMILES string of the molecule is C[C@]1(O)C[C@@H](Nc2nnc(-c3ncc(C(F)(F)F)cc3O)c3c2OCC3)C1. The number of nitrogens with one attached hydrogen (secondary N) is 1. The number of ether oxygens (including phenoxy) is 1. The van der Waals surface area contributed by atoms with Gasteiger partial charge < -0.3 is 20.3 Å². The van der Waals surface area contributed by atoms with Gasteiger partial charge >= 0.3 is 6.18 Å². The molecule has 0 amide bonds. The average molecular weight is 382 g/mol. The quantitative estimate of drug-likeness (QED) is 0.750. The van der Waals surface area contributed by atoms with Crippen LogP contribution in [0, 0.1) is 0 Å². The molecule has 0 radical (unpaired) electrons. The van der Waals surface area contributed by atoms with Gasteiger partial charge in [0.15, 0.2) is 11.6 Å². The van der Waals surface area contributed by atoms with Gasteiger partial charge in [-0.05, 0) is 25.8 Å². The highest BCUT2D eigenvalue weighted by Crippen LogP contribution is 2.42. The minimum Gasteiger partial charge on any atom is -0.506 e. The van der Waals surface area contributed by atoms with Crippen LogP contribution >= 0.6 is 0 Å². The summed E-state index contributed by atoms with van der Waals surface area (Å²) in [7, 11) is 0. The summed E-state index contributed by atoms with van der Waals surface area (Å²) in [6, 6.07) is 0.653. The summed E-state index contributed by atoms with van der Waals surface area (Å²) in [5.74, 6) is 0.245. The fraction of sp³-hybridized carbons (Fsp3) is 0.471. The van der Waals surface area contributed by atoms with E-state index in [0.717, 1.165) is 0 Å². The Morgan fingerprint density at radius 2 is 2.00 bits per heavy atom. The normalized spacial score (nSPS) is 24.1. The number of anilines is 1. The zero-order valence-corrected chi connectivity index (χ0v) is 14.3. The van der Waals surface area contributed by atoms with Gasteiger partial charge in [-0.2, -0.15) is 13.2 Å². The molecule has 0 aromatic carbocycles. The van der Waals surface area contributed by atoms with Gasteiger partial charge in [0.2, 0.25) is 0 Å². The summed E-state index contributed by atoms with van der Waals surface area (Å²) in [6.07, 6.45) is -2.35. The molecule has 1 fully saturated rings. The number of alkyl halides is 3. The maximum atomic E-state index is 12.8. The third-order valence-corrected chi connectivity index (χ3v) is 4.76. The molecule has 1 saturated carbocycles. The Morgan fingerprint density at radius 1 is 1.26 bits per heavy atom. The maximum Gasteiger partial charge on any atom is 0.418 e. The molecule has 0 saturated heterocycles. The Balaban J connectivity index is 1.66. The van der Waals surface area contributed by atoms with Gasteiger partial charge in [-0.3, -0.25) is 0 Å². The number of aromatic hydroxyl groups is 1. The second kappa shape index (κ2) is 5.95. The minimum atomic E-state index is -4.60. The lowest BCUT2D eigenvalue weighted by Crippen LogP contribution is -2.48. The molecule has 1 aliphatic heterocycles. The first-order valence-electron chi connectivity index (χ1n) is 8.42. The Labute approximate surface area is 152 Å². The summed E-state index contributed by atoms with van der Waals surface area (Å²) >= 11 is 0. The Kier molecular flexibility index (Phi) is 3.91. The highest BCUT2D eigenvalue weighted by Gasteiger charge is 2.39. The molecule has 0 atom stereocenters. The molecule has 144 valence electrons. The van der Waals surface area contributed by atoms with E-state index in [4.69, 9.17) is 4.74 Å². The van der Waals surface area contributed by atoms with Crippen LogP contribution in [0.3, 0.4) is 0 Å². The van der Waals surface area contributed by atoms with E-state index in [9.17, 15) is 23.4 Å². The monoisotopic (exact) mass is 382 g/mol. The number of aromatic nitrogens is 3. The van der Waals surface area contributed by atoms with Gasteiger partial charge in [-0.1, -0.05) is 0 Å². The molecular weight excluding hydrogens is 365 g/mol. The van der Waals surface area contributed by atoms with Gasteiger partial charge in [0.05, 0.1) is 17.8 Å². The van der Waals surface area contributed by atoms with Gasteiger partial charge in [0.1, 0.15) is 17.1 Å². The second-order valence-corrected chi connectivity index (χ2v) is 7.14. The predicted molar refractivity (Wildman–Crippen MR) is 88.4 cm³/mol. The molecule has 0 spiro atoms. The van der Waals surface area contributed by atoms with Crippen molar-refractivity contribution in [2.24, 2.45) is 0 Å². The van der Waals surface area contributed by atoms with Crippen molar-refractivity contribution in [2.75, 3.05) is 11.9 Å². The van der Waals surface area contributed by atoms with Gasteiger partial charge in [0, 0.05) is 24.2 Å². The molecule has 1 aliphatic carbocycles.